The lowest BCUT2D eigenvalue weighted by molar-refractivity contribution is -0.0334. The van der Waals surface area contributed by atoms with E-state index in [1.165, 1.54) is 0 Å². The van der Waals surface area contributed by atoms with Crippen LogP contribution >= 0.6 is 0 Å². The highest BCUT2D eigenvalue weighted by Gasteiger charge is 2.40. The molecular formula is C16H34N2O3Si. The SMILES string of the molecule is CC(C)(C)OC(=O)N1CCNC[C@@H]1C(C)(C)O[SiH2]C(C)(C)C. The first-order valence-electron chi connectivity index (χ1n) is 8.16. The Morgan fingerprint density at radius 1 is 1.14 bits per heavy atom. The number of piperazine rings is 1. The molecule has 1 saturated heterocycles. The zero-order valence-electron chi connectivity index (χ0n) is 15.6. The number of hydrogen-bond acceptors (Lipinski definition) is 4. The molecule has 1 aliphatic heterocycles. The van der Waals surface area contributed by atoms with E-state index >= 15 is 0 Å². The van der Waals surface area contributed by atoms with Crippen molar-refractivity contribution in [1.29, 1.82) is 0 Å². The van der Waals surface area contributed by atoms with Crippen LogP contribution in [0.5, 0.6) is 0 Å². The molecule has 0 aromatic rings. The Kier molecular flexibility index (Phi) is 6.09. The highest BCUT2D eigenvalue weighted by atomic mass is 28.2. The number of hydrogen-bond donors (Lipinski definition) is 1. The fourth-order valence-electron chi connectivity index (χ4n) is 2.36. The van der Waals surface area contributed by atoms with Crippen molar-refractivity contribution in [2.45, 2.75) is 77.7 Å². The molecule has 0 unspecified atom stereocenters. The second-order valence-electron chi connectivity index (χ2n) is 8.85. The summed E-state index contributed by atoms with van der Waals surface area (Å²) in [6, 6.07) is -0.00838. The number of rotatable bonds is 3. The van der Waals surface area contributed by atoms with Crippen molar-refractivity contribution in [1.82, 2.24) is 10.2 Å². The largest absolute Gasteiger partial charge is 0.444 e. The van der Waals surface area contributed by atoms with Gasteiger partial charge in [-0.25, -0.2) is 4.79 Å². The van der Waals surface area contributed by atoms with Crippen molar-refractivity contribution in [3.63, 3.8) is 0 Å². The second kappa shape index (κ2) is 6.89. The maximum Gasteiger partial charge on any atom is 0.410 e. The maximum absolute atomic E-state index is 12.5. The van der Waals surface area contributed by atoms with Crippen molar-refractivity contribution in [3.05, 3.63) is 0 Å². The van der Waals surface area contributed by atoms with Gasteiger partial charge in [0, 0.05) is 19.6 Å². The number of nitrogens with one attached hydrogen (secondary N) is 1. The van der Waals surface area contributed by atoms with Crippen LogP contribution in [0.1, 0.15) is 55.4 Å². The van der Waals surface area contributed by atoms with Crippen LogP contribution in [0.4, 0.5) is 4.79 Å². The summed E-state index contributed by atoms with van der Waals surface area (Å²) in [5.74, 6) is 0. The maximum atomic E-state index is 12.5. The van der Waals surface area contributed by atoms with Crippen LogP contribution in [0.25, 0.3) is 0 Å². The summed E-state index contributed by atoms with van der Waals surface area (Å²) in [6.07, 6.45) is -0.242. The Morgan fingerprint density at radius 3 is 2.23 bits per heavy atom. The molecule has 6 heteroatoms. The van der Waals surface area contributed by atoms with Gasteiger partial charge in [0.2, 0.25) is 0 Å². The first kappa shape index (κ1) is 19.5. The molecule has 1 rings (SSSR count). The van der Waals surface area contributed by atoms with E-state index in [0.717, 1.165) is 13.1 Å². The predicted octanol–water partition coefficient (Wildman–Crippen LogP) is 2.29. The van der Waals surface area contributed by atoms with Crippen LogP contribution in [-0.2, 0) is 9.16 Å². The van der Waals surface area contributed by atoms with Gasteiger partial charge in [-0.2, -0.15) is 0 Å². The average Bonchev–Trinajstić information content (AvgIpc) is 2.34. The Bertz CT molecular complexity index is 386. The molecule has 0 saturated carbocycles. The van der Waals surface area contributed by atoms with Crippen molar-refractivity contribution in [2.75, 3.05) is 19.6 Å². The third kappa shape index (κ3) is 6.26. The van der Waals surface area contributed by atoms with Gasteiger partial charge in [0.25, 0.3) is 0 Å². The van der Waals surface area contributed by atoms with Crippen molar-refractivity contribution < 1.29 is 14.0 Å². The van der Waals surface area contributed by atoms with E-state index in [4.69, 9.17) is 9.16 Å². The quantitative estimate of drug-likeness (QED) is 0.807. The van der Waals surface area contributed by atoms with Crippen LogP contribution in [0.2, 0.25) is 5.04 Å². The van der Waals surface area contributed by atoms with Crippen LogP contribution < -0.4 is 5.32 Å². The standard InChI is InChI=1S/C16H34N2O3Si/c1-14(2,3)20-13(19)18-10-9-17-11-12(18)16(7,8)21-22-15(4,5)6/h12,17H,9-11,22H2,1-8H3/t12-/m1/s1. The molecule has 0 radical (unpaired) electrons. The molecule has 1 aliphatic rings. The minimum atomic E-state index is -0.687. The summed E-state index contributed by atoms with van der Waals surface area (Å²) in [5, 5.41) is 3.60. The molecular weight excluding hydrogens is 296 g/mol. The summed E-state index contributed by atoms with van der Waals surface area (Å²) < 4.78 is 11.9. The van der Waals surface area contributed by atoms with Gasteiger partial charge in [-0.1, -0.05) is 20.8 Å². The van der Waals surface area contributed by atoms with Crippen LogP contribution in [0.15, 0.2) is 0 Å². The van der Waals surface area contributed by atoms with Crippen LogP contribution in [-0.4, -0.2) is 57.6 Å². The minimum absolute atomic E-state index is 0.00838. The monoisotopic (exact) mass is 330 g/mol. The Labute approximate surface area is 138 Å². The van der Waals surface area contributed by atoms with Crippen LogP contribution in [0.3, 0.4) is 0 Å². The Balaban J connectivity index is 2.81. The fourth-order valence-corrected chi connectivity index (χ4v) is 3.36. The molecule has 0 aliphatic carbocycles. The Hall–Kier alpha value is -0.593. The fraction of sp³-hybridized carbons (Fsp3) is 0.938. The molecule has 0 aromatic heterocycles. The summed E-state index contributed by atoms with van der Waals surface area (Å²) in [6.45, 7) is 18.7. The molecule has 22 heavy (non-hydrogen) atoms. The van der Waals surface area contributed by atoms with E-state index in [-0.39, 0.29) is 22.8 Å². The number of nitrogens with zero attached hydrogens (tertiary/aromatic N) is 1. The molecule has 1 amide bonds. The van der Waals surface area contributed by atoms with E-state index in [0.29, 0.717) is 6.54 Å². The molecule has 0 aromatic carbocycles. The molecule has 5 nitrogen and oxygen atoms in total. The zero-order valence-corrected chi connectivity index (χ0v) is 17.0. The van der Waals surface area contributed by atoms with Gasteiger partial charge >= 0.3 is 6.09 Å². The second-order valence-corrected chi connectivity index (χ2v) is 11.5. The Morgan fingerprint density at radius 2 is 1.73 bits per heavy atom. The highest BCUT2D eigenvalue weighted by Crippen LogP contribution is 2.28. The number of carbonyl (C=O) groups excluding carboxylic acids is 1. The molecule has 130 valence electrons. The zero-order chi connectivity index (χ0) is 17.2. The first-order valence-corrected chi connectivity index (χ1v) is 9.45. The van der Waals surface area contributed by atoms with Gasteiger partial charge in [0.15, 0.2) is 9.76 Å². The van der Waals surface area contributed by atoms with E-state index in [1.54, 1.807) is 0 Å². The van der Waals surface area contributed by atoms with Crippen molar-refractivity contribution in [2.24, 2.45) is 0 Å². The molecule has 1 atom stereocenters. The van der Waals surface area contributed by atoms with E-state index < -0.39 is 15.4 Å². The summed E-state index contributed by atoms with van der Waals surface area (Å²) in [4.78, 5) is 14.3. The van der Waals surface area contributed by atoms with E-state index in [9.17, 15) is 4.79 Å². The normalized spacial score (nSPS) is 21.5. The third-order valence-corrected chi connectivity index (χ3v) is 5.31. The van der Waals surface area contributed by atoms with Gasteiger partial charge < -0.3 is 14.5 Å². The van der Waals surface area contributed by atoms with Gasteiger partial charge in [-0.15, -0.1) is 0 Å². The first-order chi connectivity index (χ1) is 9.82. The molecule has 0 bridgehead atoms. The van der Waals surface area contributed by atoms with E-state index in [2.05, 4.69) is 39.9 Å². The predicted molar refractivity (Wildman–Crippen MR) is 93.0 cm³/mol. The molecule has 1 heterocycles. The number of ether oxygens (including phenoxy) is 1. The molecule has 1 fully saturated rings. The number of carbonyl (C=O) groups is 1. The topological polar surface area (TPSA) is 50.8 Å². The van der Waals surface area contributed by atoms with Gasteiger partial charge in [-0.05, 0) is 39.7 Å². The molecule has 0 spiro atoms. The third-order valence-electron chi connectivity index (χ3n) is 3.55. The lowest BCUT2D eigenvalue weighted by Crippen LogP contribution is -2.63. The van der Waals surface area contributed by atoms with Gasteiger partial charge in [-0.3, -0.25) is 4.90 Å². The summed E-state index contributed by atoms with van der Waals surface area (Å²) in [5.41, 5.74) is -0.846. The van der Waals surface area contributed by atoms with Crippen molar-refractivity contribution in [3.8, 4) is 0 Å². The lowest BCUT2D eigenvalue weighted by Gasteiger charge is -2.45. The number of amides is 1. The molecule has 1 N–H and O–H groups in total. The van der Waals surface area contributed by atoms with Crippen molar-refractivity contribution >= 4 is 15.9 Å². The minimum Gasteiger partial charge on any atom is -0.444 e. The van der Waals surface area contributed by atoms with Crippen LogP contribution in [0, 0.1) is 0 Å². The lowest BCUT2D eigenvalue weighted by atomic mass is 9.96. The average molecular weight is 331 g/mol. The smallest absolute Gasteiger partial charge is 0.410 e. The van der Waals surface area contributed by atoms with Gasteiger partial charge in [0.1, 0.15) is 5.60 Å². The summed E-state index contributed by atoms with van der Waals surface area (Å²) >= 11 is 0. The highest BCUT2D eigenvalue weighted by molar-refractivity contribution is 6.31. The van der Waals surface area contributed by atoms with Gasteiger partial charge in [0.05, 0.1) is 11.6 Å². The summed E-state index contributed by atoms with van der Waals surface area (Å²) in [7, 11) is -0.687. The van der Waals surface area contributed by atoms with E-state index in [1.807, 2.05) is 25.7 Å².